The Bertz CT molecular complexity index is 1190. The van der Waals surface area contributed by atoms with Crippen LogP contribution < -0.4 is 0 Å². The van der Waals surface area contributed by atoms with Gasteiger partial charge in [-0.05, 0) is 77.0 Å². The summed E-state index contributed by atoms with van der Waals surface area (Å²) in [5.74, 6) is -0.821. The van der Waals surface area contributed by atoms with E-state index in [-0.39, 0.29) is 32.0 Å². The van der Waals surface area contributed by atoms with Gasteiger partial charge in [0.2, 0.25) is 0 Å². The molecule has 0 aromatic rings. The van der Waals surface area contributed by atoms with Gasteiger partial charge in [0.1, 0.15) is 19.8 Å². The minimum atomic E-state index is -4.39. The third-order valence-electron chi connectivity index (χ3n) is 10.8. The number of esters is 2. The molecule has 0 amide bonds. The van der Waals surface area contributed by atoms with Crippen LogP contribution in [0.25, 0.3) is 0 Å². The molecule has 0 spiro atoms. The third-order valence-corrected chi connectivity index (χ3v) is 11.8. The highest BCUT2D eigenvalue weighted by Crippen LogP contribution is 2.43. The van der Waals surface area contributed by atoms with E-state index < -0.39 is 26.5 Å². The Labute approximate surface area is 382 Å². The first-order valence-corrected chi connectivity index (χ1v) is 26.9. The number of unbranched alkanes of at least 4 members (excludes halogenated alkanes) is 24. The standard InChI is InChI=1S/C52H96NO8P/c1-6-8-10-12-14-16-18-20-22-24-25-26-27-29-30-32-34-36-38-40-42-44-51(54)58-48-50(49-60-62(56,57)59-47-46-53(3,4)5)61-52(55)45-43-41-39-37-35-33-31-28-23-21-19-17-15-13-11-9-7-2/h15,17,20-23,31,33,50H,6-14,16,18-19,24-30,32,34-49H2,1-5H3/p+1/b17-15-,22-20-,23-21-,33-31-/t50-/m1/s1. The molecule has 62 heavy (non-hydrogen) atoms. The zero-order valence-electron chi connectivity index (χ0n) is 40.9. The van der Waals surface area contributed by atoms with Gasteiger partial charge in [0.15, 0.2) is 6.10 Å². The maximum Gasteiger partial charge on any atom is 0.472 e. The van der Waals surface area contributed by atoms with Gasteiger partial charge >= 0.3 is 19.8 Å². The second kappa shape index (κ2) is 44.2. The molecule has 0 aliphatic carbocycles. The minimum Gasteiger partial charge on any atom is -0.462 e. The second-order valence-electron chi connectivity index (χ2n) is 18.2. The number of phosphoric acid groups is 1. The van der Waals surface area contributed by atoms with Crippen LogP contribution in [0.3, 0.4) is 0 Å². The van der Waals surface area contributed by atoms with Gasteiger partial charge in [0.05, 0.1) is 27.7 Å². The number of rotatable bonds is 46. The molecule has 0 radical (unpaired) electrons. The lowest BCUT2D eigenvalue weighted by atomic mass is 10.0. The average Bonchev–Trinajstić information content (AvgIpc) is 3.23. The lowest BCUT2D eigenvalue weighted by molar-refractivity contribution is -0.870. The van der Waals surface area contributed by atoms with Gasteiger partial charge in [-0.15, -0.1) is 0 Å². The van der Waals surface area contributed by atoms with Crippen molar-refractivity contribution in [2.24, 2.45) is 0 Å². The number of hydrogen-bond donors (Lipinski definition) is 1. The van der Waals surface area contributed by atoms with Crippen LogP contribution in [0.4, 0.5) is 0 Å². The molecule has 10 heteroatoms. The fourth-order valence-electron chi connectivity index (χ4n) is 6.84. The van der Waals surface area contributed by atoms with Gasteiger partial charge in [-0.3, -0.25) is 18.6 Å². The number of phosphoric ester groups is 1. The van der Waals surface area contributed by atoms with Crippen molar-refractivity contribution in [2.45, 2.75) is 225 Å². The summed E-state index contributed by atoms with van der Waals surface area (Å²) in [6.07, 6.45) is 53.0. The first-order chi connectivity index (χ1) is 30.0. The monoisotopic (exact) mass is 895 g/mol. The first-order valence-electron chi connectivity index (χ1n) is 25.4. The van der Waals surface area contributed by atoms with Crippen LogP contribution >= 0.6 is 7.82 Å². The molecule has 2 atom stereocenters. The SMILES string of the molecule is CCCCC/C=C\C/C=C\C/C=C\CCCCCCC(=O)O[C@H](COC(=O)CCCCCCCCCCCCC/C=C\CCCCCCCC)COP(=O)(O)OCC[N+](C)(C)C. The molecule has 0 saturated heterocycles. The smallest absolute Gasteiger partial charge is 0.462 e. The molecule has 0 bridgehead atoms. The molecule has 1 N–H and O–H groups in total. The Hall–Kier alpha value is -2.03. The molecular weight excluding hydrogens is 798 g/mol. The maximum atomic E-state index is 12.7. The number of hydrogen-bond acceptors (Lipinski definition) is 7. The van der Waals surface area contributed by atoms with E-state index in [1.54, 1.807) is 0 Å². The zero-order valence-corrected chi connectivity index (χ0v) is 41.7. The number of carbonyl (C=O) groups excluding carboxylic acids is 2. The maximum absolute atomic E-state index is 12.7. The van der Waals surface area contributed by atoms with Gasteiger partial charge in [-0.25, -0.2) is 4.57 Å². The van der Waals surface area contributed by atoms with E-state index in [9.17, 15) is 19.0 Å². The summed E-state index contributed by atoms with van der Waals surface area (Å²) in [6.45, 7) is 4.38. The summed E-state index contributed by atoms with van der Waals surface area (Å²) in [7, 11) is 1.46. The van der Waals surface area contributed by atoms with E-state index in [2.05, 4.69) is 62.5 Å². The highest BCUT2D eigenvalue weighted by atomic mass is 31.2. The highest BCUT2D eigenvalue weighted by Gasteiger charge is 2.27. The largest absolute Gasteiger partial charge is 0.472 e. The summed E-state index contributed by atoms with van der Waals surface area (Å²) in [5, 5.41) is 0. The molecule has 0 aliphatic heterocycles. The normalized spacial score (nSPS) is 13.8. The number of carbonyl (C=O) groups is 2. The number of allylic oxidation sites excluding steroid dienone is 8. The predicted molar refractivity (Wildman–Crippen MR) is 261 cm³/mol. The fraction of sp³-hybridized carbons (Fsp3) is 0.808. The predicted octanol–water partition coefficient (Wildman–Crippen LogP) is 15.0. The van der Waals surface area contributed by atoms with Crippen molar-refractivity contribution in [1.82, 2.24) is 0 Å². The fourth-order valence-corrected chi connectivity index (χ4v) is 7.58. The molecule has 0 heterocycles. The van der Waals surface area contributed by atoms with Crippen molar-refractivity contribution in [3.05, 3.63) is 48.6 Å². The molecular formula is C52H97NO8P+. The lowest BCUT2D eigenvalue weighted by Gasteiger charge is -2.24. The Morgan fingerprint density at radius 2 is 0.871 bits per heavy atom. The molecule has 9 nitrogen and oxygen atoms in total. The van der Waals surface area contributed by atoms with Crippen LogP contribution in [0.15, 0.2) is 48.6 Å². The Morgan fingerprint density at radius 3 is 1.34 bits per heavy atom. The van der Waals surface area contributed by atoms with Crippen molar-refractivity contribution in [2.75, 3.05) is 47.5 Å². The van der Waals surface area contributed by atoms with Gasteiger partial charge < -0.3 is 18.9 Å². The Morgan fingerprint density at radius 1 is 0.500 bits per heavy atom. The van der Waals surface area contributed by atoms with E-state index in [1.165, 1.54) is 128 Å². The van der Waals surface area contributed by atoms with Gasteiger partial charge in [0, 0.05) is 12.8 Å². The topological polar surface area (TPSA) is 108 Å². The van der Waals surface area contributed by atoms with Gasteiger partial charge in [-0.2, -0.15) is 0 Å². The molecule has 0 saturated carbocycles. The number of nitrogens with zero attached hydrogens (tertiary/aromatic N) is 1. The van der Waals surface area contributed by atoms with Crippen LogP contribution in [-0.2, 0) is 32.7 Å². The van der Waals surface area contributed by atoms with Crippen molar-refractivity contribution in [3.63, 3.8) is 0 Å². The van der Waals surface area contributed by atoms with Crippen LogP contribution in [0, 0.1) is 0 Å². The summed E-state index contributed by atoms with van der Waals surface area (Å²) in [4.78, 5) is 35.5. The highest BCUT2D eigenvalue weighted by molar-refractivity contribution is 7.47. The molecule has 0 aromatic carbocycles. The van der Waals surface area contributed by atoms with E-state index in [0.717, 1.165) is 57.8 Å². The lowest BCUT2D eigenvalue weighted by Crippen LogP contribution is -2.37. The van der Waals surface area contributed by atoms with E-state index in [0.29, 0.717) is 17.4 Å². The summed E-state index contributed by atoms with van der Waals surface area (Å²) >= 11 is 0. The summed E-state index contributed by atoms with van der Waals surface area (Å²) in [6, 6.07) is 0. The quantitative estimate of drug-likeness (QED) is 0.0212. The van der Waals surface area contributed by atoms with Gasteiger partial charge in [0.25, 0.3) is 0 Å². The molecule has 0 rings (SSSR count). The number of likely N-dealkylation sites (N-methyl/N-ethyl adjacent to an activating group) is 1. The van der Waals surface area contributed by atoms with E-state index in [1.807, 2.05) is 21.1 Å². The molecule has 362 valence electrons. The van der Waals surface area contributed by atoms with E-state index in [4.69, 9.17) is 18.5 Å². The van der Waals surface area contributed by atoms with Crippen LogP contribution in [0.5, 0.6) is 0 Å². The molecule has 0 fully saturated rings. The van der Waals surface area contributed by atoms with Crippen molar-refractivity contribution >= 4 is 19.8 Å². The molecule has 0 aliphatic rings. The van der Waals surface area contributed by atoms with Crippen LogP contribution in [-0.4, -0.2) is 74.9 Å². The van der Waals surface area contributed by atoms with Gasteiger partial charge in [-0.1, -0.05) is 178 Å². The minimum absolute atomic E-state index is 0.0262. The van der Waals surface area contributed by atoms with Crippen LogP contribution in [0.1, 0.15) is 219 Å². The Kier molecular flexibility index (Phi) is 42.7. The second-order valence-corrected chi connectivity index (χ2v) is 19.6. The summed E-state index contributed by atoms with van der Waals surface area (Å²) < 4.78 is 34.4. The van der Waals surface area contributed by atoms with Crippen molar-refractivity contribution in [3.8, 4) is 0 Å². The average molecular weight is 895 g/mol. The van der Waals surface area contributed by atoms with E-state index >= 15 is 0 Å². The number of quaternary nitrogens is 1. The number of ether oxygens (including phenoxy) is 2. The molecule has 1 unspecified atom stereocenters. The van der Waals surface area contributed by atoms with Crippen LogP contribution in [0.2, 0.25) is 0 Å². The first kappa shape index (κ1) is 60.0. The zero-order chi connectivity index (χ0) is 45.7. The Balaban J connectivity index is 4.28. The van der Waals surface area contributed by atoms with Crippen molar-refractivity contribution in [1.29, 1.82) is 0 Å². The van der Waals surface area contributed by atoms with Crippen molar-refractivity contribution < 1.29 is 42.1 Å². The summed E-state index contributed by atoms with van der Waals surface area (Å²) in [5.41, 5.74) is 0. The molecule has 0 aromatic heterocycles. The third kappa shape index (κ3) is 47.4.